The van der Waals surface area contributed by atoms with E-state index in [1.165, 1.54) is 0 Å². The first-order chi connectivity index (χ1) is 7.77. The van der Waals surface area contributed by atoms with Crippen molar-refractivity contribution in [2.75, 3.05) is 13.1 Å². The Morgan fingerprint density at radius 1 is 1.41 bits per heavy atom. The highest BCUT2D eigenvalue weighted by atomic mass is 16.2. The Balaban J connectivity index is 2.93. The molecule has 1 aliphatic rings. The highest BCUT2D eigenvalue weighted by Crippen LogP contribution is 2.30. The topological polar surface area (TPSA) is 58.7 Å². The molecule has 0 aromatic carbocycles. The van der Waals surface area contributed by atoms with Crippen LogP contribution in [0, 0.1) is 17.3 Å². The summed E-state index contributed by atoms with van der Waals surface area (Å²) in [5, 5.41) is 6.16. The minimum Gasteiger partial charge on any atom is -0.330 e. The van der Waals surface area contributed by atoms with Crippen molar-refractivity contribution in [1.82, 2.24) is 5.01 Å². The second-order valence-electron chi connectivity index (χ2n) is 6.18. The van der Waals surface area contributed by atoms with E-state index in [1.54, 1.807) is 5.01 Å². The van der Waals surface area contributed by atoms with Gasteiger partial charge in [0.25, 0.3) is 5.91 Å². The Hall–Kier alpha value is -0.900. The number of hydrogen-bond donors (Lipinski definition) is 1. The zero-order valence-corrected chi connectivity index (χ0v) is 11.7. The summed E-state index contributed by atoms with van der Waals surface area (Å²) in [6, 6.07) is 0. The molecule has 0 radical (unpaired) electrons. The van der Waals surface area contributed by atoms with Crippen LogP contribution in [-0.2, 0) is 4.79 Å². The van der Waals surface area contributed by atoms with Crippen molar-refractivity contribution in [3.8, 4) is 0 Å². The largest absolute Gasteiger partial charge is 0.330 e. The van der Waals surface area contributed by atoms with Gasteiger partial charge in [-0.1, -0.05) is 34.6 Å². The van der Waals surface area contributed by atoms with Crippen LogP contribution in [0.25, 0.3) is 0 Å². The fraction of sp³-hybridized carbons (Fsp3) is 0.846. The number of rotatable bonds is 4. The number of nitrogens with two attached hydrogens (primary N) is 1. The zero-order valence-electron chi connectivity index (χ0n) is 11.7. The number of hydrogen-bond acceptors (Lipinski definition) is 3. The summed E-state index contributed by atoms with van der Waals surface area (Å²) in [5.74, 6) is 0.438. The minimum atomic E-state index is -0.112. The van der Waals surface area contributed by atoms with Crippen molar-refractivity contribution in [3.05, 3.63) is 0 Å². The van der Waals surface area contributed by atoms with Gasteiger partial charge in [0, 0.05) is 12.0 Å². The summed E-state index contributed by atoms with van der Waals surface area (Å²) in [4.78, 5) is 12.2. The molecule has 0 saturated heterocycles. The number of carbonyl (C=O) groups is 1. The van der Waals surface area contributed by atoms with E-state index in [9.17, 15) is 4.79 Å². The molecule has 1 aliphatic heterocycles. The van der Waals surface area contributed by atoms with Gasteiger partial charge in [-0.15, -0.1) is 0 Å². The van der Waals surface area contributed by atoms with Gasteiger partial charge in [-0.25, -0.2) is 5.01 Å². The third kappa shape index (κ3) is 3.28. The smallest absolute Gasteiger partial charge is 0.251 e. The van der Waals surface area contributed by atoms with E-state index in [1.807, 2.05) is 0 Å². The van der Waals surface area contributed by atoms with Gasteiger partial charge < -0.3 is 5.73 Å². The van der Waals surface area contributed by atoms with Crippen LogP contribution in [0.15, 0.2) is 5.10 Å². The van der Waals surface area contributed by atoms with E-state index < -0.39 is 0 Å². The van der Waals surface area contributed by atoms with Crippen LogP contribution in [-0.4, -0.2) is 29.7 Å². The number of nitrogens with zero attached hydrogens (tertiary/aromatic N) is 2. The lowest BCUT2D eigenvalue weighted by Crippen LogP contribution is -2.34. The molecule has 4 heteroatoms. The molecule has 0 aromatic rings. The third-order valence-electron chi connectivity index (χ3n) is 2.87. The van der Waals surface area contributed by atoms with Gasteiger partial charge in [0.05, 0.1) is 11.6 Å². The van der Waals surface area contributed by atoms with E-state index in [0.717, 1.165) is 5.71 Å². The molecule has 0 fully saturated rings. The molecule has 0 saturated carbocycles. The summed E-state index contributed by atoms with van der Waals surface area (Å²) >= 11 is 0. The van der Waals surface area contributed by atoms with Crippen LogP contribution in [0.2, 0.25) is 0 Å². The SMILES string of the molecule is CC(C)CN1N=C(C(C)(C)C)C(CCN)C1=O. The fourth-order valence-electron chi connectivity index (χ4n) is 2.12. The Bertz CT molecular complexity index is 315. The Kier molecular flexibility index (Phi) is 4.31. The molecule has 1 heterocycles. The summed E-state index contributed by atoms with van der Waals surface area (Å²) in [5.41, 5.74) is 6.51. The van der Waals surface area contributed by atoms with Gasteiger partial charge in [0.2, 0.25) is 0 Å². The van der Waals surface area contributed by atoms with Crippen LogP contribution in [0.3, 0.4) is 0 Å². The summed E-state index contributed by atoms with van der Waals surface area (Å²) in [7, 11) is 0. The second kappa shape index (κ2) is 5.17. The van der Waals surface area contributed by atoms with Crippen LogP contribution in [0.4, 0.5) is 0 Å². The molecule has 0 aromatic heterocycles. The molecule has 2 N–H and O–H groups in total. The first-order valence-electron chi connectivity index (χ1n) is 6.37. The van der Waals surface area contributed by atoms with E-state index in [2.05, 4.69) is 39.7 Å². The predicted octanol–water partition coefficient (Wildman–Crippen LogP) is 1.85. The molecule has 0 spiro atoms. The molecule has 1 amide bonds. The normalized spacial score (nSPS) is 21.4. The Morgan fingerprint density at radius 2 is 2.00 bits per heavy atom. The summed E-state index contributed by atoms with van der Waals surface area (Å²) in [6.45, 7) is 11.7. The Labute approximate surface area is 104 Å². The average Bonchev–Trinajstić information content (AvgIpc) is 2.45. The fourth-order valence-corrected chi connectivity index (χ4v) is 2.12. The lowest BCUT2D eigenvalue weighted by molar-refractivity contribution is -0.132. The number of amides is 1. The maximum absolute atomic E-state index is 12.2. The molecule has 17 heavy (non-hydrogen) atoms. The summed E-state index contributed by atoms with van der Waals surface area (Å²) < 4.78 is 0. The quantitative estimate of drug-likeness (QED) is 0.814. The van der Waals surface area contributed by atoms with Crippen molar-refractivity contribution in [3.63, 3.8) is 0 Å². The van der Waals surface area contributed by atoms with E-state index in [4.69, 9.17) is 5.73 Å². The van der Waals surface area contributed by atoms with Crippen molar-refractivity contribution in [1.29, 1.82) is 0 Å². The molecule has 1 unspecified atom stereocenters. The molecule has 0 aliphatic carbocycles. The molecular weight excluding hydrogens is 214 g/mol. The van der Waals surface area contributed by atoms with Crippen LogP contribution in [0.1, 0.15) is 41.0 Å². The van der Waals surface area contributed by atoms with Gasteiger partial charge in [-0.05, 0) is 18.9 Å². The van der Waals surface area contributed by atoms with Gasteiger partial charge >= 0.3 is 0 Å². The first-order valence-corrected chi connectivity index (χ1v) is 6.37. The molecule has 0 bridgehead atoms. The lowest BCUT2D eigenvalue weighted by Gasteiger charge is -2.21. The zero-order chi connectivity index (χ0) is 13.2. The standard InChI is InChI=1S/C13H25N3O/c1-9(2)8-16-12(17)10(6-7-14)11(15-16)13(3,4)5/h9-10H,6-8,14H2,1-5H3. The van der Waals surface area contributed by atoms with Crippen molar-refractivity contribution >= 4 is 11.6 Å². The van der Waals surface area contributed by atoms with Crippen LogP contribution < -0.4 is 5.73 Å². The van der Waals surface area contributed by atoms with E-state index >= 15 is 0 Å². The van der Waals surface area contributed by atoms with Gasteiger partial charge in [0.15, 0.2) is 0 Å². The highest BCUT2D eigenvalue weighted by Gasteiger charge is 2.40. The molecular formula is C13H25N3O. The molecule has 98 valence electrons. The van der Waals surface area contributed by atoms with Crippen molar-refractivity contribution in [2.24, 2.45) is 28.1 Å². The maximum atomic E-state index is 12.2. The highest BCUT2D eigenvalue weighted by molar-refractivity contribution is 6.10. The average molecular weight is 239 g/mol. The molecule has 4 nitrogen and oxygen atoms in total. The maximum Gasteiger partial charge on any atom is 0.251 e. The van der Waals surface area contributed by atoms with Gasteiger partial charge in [-0.3, -0.25) is 4.79 Å². The van der Waals surface area contributed by atoms with Crippen LogP contribution in [0.5, 0.6) is 0 Å². The van der Waals surface area contributed by atoms with E-state index in [-0.39, 0.29) is 17.2 Å². The lowest BCUT2D eigenvalue weighted by atomic mass is 9.81. The minimum absolute atomic E-state index is 0.0682. The number of carbonyl (C=O) groups excluding carboxylic acids is 1. The first kappa shape index (κ1) is 14.2. The number of hydrazone groups is 1. The van der Waals surface area contributed by atoms with Crippen molar-refractivity contribution in [2.45, 2.75) is 41.0 Å². The van der Waals surface area contributed by atoms with E-state index in [0.29, 0.717) is 25.4 Å². The predicted molar refractivity (Wildman–Crippen MR) is 70.6 cm³/mol. The Morgan fingerprint density at radius 3 is 2.41 bits per heavy atom. The molecule has 1 atom stereocenters. The molecule has 1 rings (SSSR count). The van der Waals surface area contributed by atoms with Crippen molar-refractivity contribution < 1.29 is 4.79 Å². The summed E-state index contributed by atoms with van der Waals surface area (Å²) in [6.07, 6.45) is 0.698. The van der Waals surface area contributed by atoms with Gasteiger partial charge in [0.1, 0.15) is 0 Å². The van der Waals surface area contributed by atoms with Gasteiger partial charge in [-0.2, -0.15) is 5.10 Å². The van der Waals surface area contributed by atoms with Crippen LogP contribution >= 0.6 is 0 Å². The second-order valence-corrected chi connectivity index (χ2v) is 6.18. The third-order valence-corrected chi connectivity index (χ3v) is 2.87. The monoisotopic (exact) mass is 239 g/mol.